The lowest BCUT2D eigenvalue weighted by Crippen LogP contribution is -2.28. The molecule has 140 valence electrons. The van der Waals surface area contributed by atoms with E-state index in [0.29, 0.717) is 5.56 Å². The molecule has 4 rings (SSSR count). The zero-order valence-electron chi connectivity index (χ0n) is 14.0. The quantitative estimate of drug-likeness (QED) is 0.486. The van der Waals surface area contributed by atoms with Crippen LogP contribution < -0.4 is 4.74 Å². The van der Waals surface area contributed by atoms with Gasteiger partial charge in [-0.25, -0.2) is 9.78 Å². The Morgan fingerprint density at radius 2 is 1.68 bits per heavy atom. The van der Waals surface area contributed by atoms with Crippen LogP contribution in [-0.4, -0.2) is 27.3 Å². The average molecular weight is 385 g/mol. The molecule has 0 atom stereocenters. The van der Waals surface area contributed by atoms with Gasteiger partial charge in [0, 0.05) is 11.8 Å². The number of alkyl halides is 3. The number of aromatic nitrogens is 3. The molecular weight excluding hydrogens is 375 g/mol. The smallest absolute Gasteiger partial charge is 0.416 e. The number of carbonyl (C=O) groups excluding carboxylic acids is 1. The second-order valence-corrected chi connectivity index (χ2v) is 5.72. The highest BCUT2D eigenvalue weighted by atomic mass is 19.4. The van der Waals surface area contributed by atoms with Crippen molar-refractivity contribution in [3.8, 4) is 28.8 Å². The topological polar surface area (TPSA) is 78.1 Å². The van der Waals surface area contributed by atoms with Gasteiger partial charge in [-0.1, -0.05) is 30.3 Å². The molecule has 0 aliphatic carbocycles. The monoisotopic (exact) mass is 385 g/mol. The molecular formula is C19H10F3N3O3. The first-order valence-corrected chi connectivity index (χ1v) is 7.99. The van der Waals surface area contributed by atoms with Crippen LogP contribution in [0.5, 0.6) is 5.88 Å². The van der Waals surface area contributed by atoms with Crippen molar-refractivity contribution in [3.63, 3.8) is 0 Å². The van der Waals surface area contributed by atoms with Gasteiger partial charge in [0.1, 0.15) is 5.56 Å². The summed E-state index contributed by atoms with van der Waals surface area (Å²) in [6.45, 7) is 0. The third-order valence-corrected chi connectivity index (χ3v) is 3.84. The molecule has 0 saturated heterocycles. The first-order valence-electron chi connectivity index (χ1n) is 7.99. The molecule has 0 amide bonds. The summed E-state index contributed by atoms with van der Waals surface area (Å²) >= 11 is 0. The maximum Gasteiger partial charge on any atom is 0.491 e. The van der Waals surface area contributed by atoms with Gasteiger partial charge in [0.25, 0.3) is 5.89 Å². The van der Waals surface area contributed by atoms with Gasteiger partial charge in [-0.15, -0.1) is 10.2 Å². The summed E-state index contributed by atoms with van der Waals surface area (Å²) in [4.78, 5) is 14.8. The average Bonchev–Trinajstić information content (AvgIpc) is 3.17. The zero-order chi connectivity index (χ0) is 19.7. The van der Waals surface area contributed by atoms with Crippen molar-refractivity contribution in [1.82, 2.24) is 15.2 Å². The predicted molar refractivity (Wildman–Crippen MR) is 92.2 cm³/mol. The molecule has 0 N–H and O–H groups in total. The molecule has 4 aromatic rings. The Labute approximate surface area is 155 Å². The Morgan fingerprint density at radius 1 is 0.929 bits per heavy atom. The third kappa shape index (κ3) is 3.41. The molecule has 0 radical (unpaired) electrons. The zero-order valence-corrected chi connectivity index (χ0v) is 14.0. The number of ether oxygens (including phenoxy) is 1. The minimum atomic E-state index is -5.15. The van der Waals surface area contributed by atoms with E-state index in [1.165, 1.54) is 18.3 Å². The van der Waals surface area contributed by atoms with Crippen LogP contribution >= 0.6 is 0 Å². The molecule has 0 aliphatic rings. The van der Waals surface area contributed by atoms with Gasteiger partial charge in [-0.2, -0.15) is 13.2 Å². The number of pyridine rings is 1. The van der Waals surface area contributed by atoms with Crippen LogP contribution in [0.25, 0.3) is 33.7 Å². The summed E-state index contributed by atoms with van der Waals surface area (Å²) in [5.41, 5.74) is 0.606. The van der Waals surface area contributed by atoms with Crippen molar-refractivity contribution in [2.75, 3.05) is 0 Å². The van der Waals surface area contributed by atoms with Crippen molar-refractivity contribution in [1.29, 1.82) is 0 Å². The normalized spacial score (nSPS) is 11.5. The summed E-state index contributed by atoms with van der Waals surface area (Å²) in [6, 6.07) is 16.0. The molecule has 2 aromatic carbocycles. The Bertz CT molecular complexity index is 1170. The highest BCUT2D eigenvalue weighted by Gasteiger charge is 2.42. The predicted octanol–water partition coefficient (Wildman–Crippen LogP) is 4.42. The number of esters is 1. The molecule has 6 nitrogen and oxygen atoms in total. The number of benzene rings is 2. The number of rotatable bonds is 3. The number of carbonyl (C=O) groups is 1. The molecule has 0 saturated carbocycles. The van der Waals surface area contributed by atoms with E-state index in [0.717, 1.165) is 10.8 Å². The fourth-order valence-corrected chi connectivity index (χ4v) is 2.55. The van der Waals surface area contributed by atoms with Crippen LogP contribution in [0.15, 0.2) is 65.2 Å². The van der Waals surface area contributed by atoms with Crippen molar-refractivity contribution >= 4 is 16.7 Å². The van der Waals surface area contributed by atoms with E-state index in [1.807, 2.05) is 36.4 Å². The van der Waals surface area contributed by atoms with Crippen molar-refractivity contribution in [2.24, 2.45) is 0 Å². The second kappa shape index (κ2) is 6.76. The number of halogens is 3. The van der Waals surface area contributed by atoms with E-state index < -0.39 is 18.0 Å². The molecule has 0 fully saturated rings. The second-order valence-electron chi connectivity index (χ2n) is 5.72. The summed E-state index contributed by atoms with van der Waals surface area (Å²) in [5.74, 6) is -2.92. The SMILES string of the molecule is O=C(Oc1ncccc1-c1nnc(-c2ccc3ccccc3c2)o1)C(F)(F)F. The summed E-state index contributed by atoms with van der Waals surface area (Å²) in [7, 11) is 0. The lowest BCUT2D eigenvalue weighted by atomic mass is 10.1. The van der Waals surface area contributed by atoms with Gasteiger partial charge in [-0.05, 0) is 35.0 Å². The van der Waals surface area contributed by atoms with Gasteiger partial charge < -0.3 is 9.15 Å². The molecule has 28 heavy (non-hydrogen) atoms. The van der Waals surface area contributed by atoms with E-state index in [4.69, 9.17) is 4.42 Å². The minimum Gasteiger partial charge on any atom is -0.416 e. The Morgan fingerprint density at radius 3 is 2.46 bits per heavy atom. The Kier molecular flexibility index (Phi) is 4.26. The lowest BCUT2D eigenvalue weighted by molar-refractivity contribution is -0.189. The van der Waals surface area contributed by atoms with Gasteiger partial charge in [0.2, 0.25) is 11.8 Å². The van der Waals surface area contributed by atoms with Crippen molar-refractivity contribution < 1.29 is 27.1 Å². The van der Waals surface area contributed by atoms with Crippen LogP contribution in [0.1, 0.15) is 0 Å². The molecule has 2 heterocycles. The number of hydrogen-bond acceptors (Lipinski definition) is 6. The van der Waals surface area contributed by atoms with Gasteiger partial charge in [0.05, 0.1) is 0 Å². The highest BCUT2D eigenvalue weighted by molar-refractivity contribution is 5.86. The maximum atomic E-state index is 12.5. The van der Waals surface area contributed by atoms with Crippen LogP contribution in [0.2, 0.25) is 0 Å². The minimum absolute atomic E-state index is 0.0281. The fraction of sp³-hybridized carbons (Fsp3) is 0.0526. The van der Waals surface area contributed by atoms with Crippen molar-refractivity contribution in [2.45, 2.75) is 6.18 Å². The number of nitrogens with zero attached hydrogens (tertiary/aromatic N) is 3. The first-order chi connectivity index (χ1) is 13.4. The van der Waals surface area contributed by atoms with Gasteiger partial charge in [-0.3, -0.25) is 0 Å². The third-order valence-electron chi connectivity index (χ3n) is 3.84. The largest absolute Gasteiger partial charge is 0.491 e. The van der Waals surface area contributed by atoms with E-state index in [9.17, 15) is 18.0 Å². The van der Waals surface area contributed by atoms with Crippen LogP contribution in [0.4, 0.5) is 13.2 Å². The van der Waals surface area contributed by atoms with Crippen LogP contribution in [0.3, 0.4) is 0 Å². The highest BCUT2D eigenvalue weighted by Crippen LogP contribution is 2.31. The van der Waals surface area contributed by atoms with Crippen LogP contribution in [-0.2, 0) is 4.79 Å². The lowest BCUT2D eigenvalue weighted by Gasteiger charge is -2.07. The Hall–Kier alpha value is -3.75. The number of hydrogen-bond donors (Lipinski definition) is 0. The summed E-state index contributed by atoms with van der Waals surface area (Å²) < 4.78 is 47.3. The molecule has 0 bridgehead atoms. The van der Waals surface area contributed by atoms with E-state index in [1.54, 1.807) is 6.07 Å². The van der Waals surface area contributed by atoms with E-state index in [2.05, 4.69) is 19.9 Å². The number of fused-ring (bicyclic) bond motifs is 1. The standard InChI is InChI=1S/C19H10F3N3O3/c20-19(21,22)18(26)28-16-14(6-3-9-23-16)17-25-24-15(27-17)13-8-7-11-4-1-2-5-12(11)10-13/h1-10H. The molecule has 0 unspecified atom stereocenters. The molecule has 9 heteroatoms. The first kappa shape index (κ1) is 17.7. The summed E-state index contributed by atoms with van der Waals surface area (Å²) in [5, 5.41) is 9.76. The van der Waals surface area contributed by atoms with Gasteiger partial charge in [0.15, 0.2) is 0 Å². The van der Waals surface area contributed by atoms with E-state index in [-0.39, 0.29) is 17.3 Å². The van der Waals surface area contributed by atoms with Crippen molar-refractivity contribution in [3.05, 3.63) is 60.8 Å². The van der Waals surface area contributed by atoms with E-state index >= 15 is 0 Å². The summed E-state index contributed by atoms with van der Waals surface area (Å²) in [6.07, 6.45) is -3.97. The molecule has 2 aromatic heterocycles. The maximum absolute atomic E-state index is 12.5. The molecule has 0 aliphatic heterocycles. The Balaban J connectivity index is 1.68. The van der Waals surface area contributed by atoms with Gasteiger partial charge >= 0.3 is 12.1 Å². The fourth-order valence-electron chi connectivity index (χ4n) is 2.55. The van der Waals surface area contributed by atoms with Crippen LogP contribution in [0, 0.1) is 0 Å². The molecule has 0 spiro atoms.